The van der Waals surface area contributed by atoms with Crippen molar-refractivity contribution >= 4 is 17.2 Å². The number of hydrogen-bond acceptors (Lipinski definition) is 5. The van der Waals surface area contributed by atoms with Crippen molar-refractivity contribution in [3.8, 4) is 0 Å². The smallest absolute Gasteiger partial charge is 0.261 e. The minimum atomic E-state index is -4.44. The van der Waals surface area contributed by atoms with Crippen LogP contribution < -0.4 is 5.43 Å². The predicted molar refractivity (Wildman–Crippen MR) is 78.2 cm³/mol. The van der Waals surface area contributed by atoms with E-state index in [1.807, 2.05) is 0 Å². The maximum absolute atomic E-state index is 12.4. The van der Waals surface area contributed by atoms with Crippen LogP contribution in [-0.2, 0) is 6.18 Å². The number of pyridine rings is 1. The van der Waals surface area contributed by atoms with Crippen LogP contribution >= 0.6 is 0 Å². The number of benzene rings is 1. The number of nitro groups is 1. The molecule has 0 bridgehead atoms. The number of alkyl halides is 3. The third kappa shape index (κ3) is 4.25. The molecule has 1 aromatic heterocycles. The van der Waals surface area contributed by atoms with Gasteiger partial charge in [0.2, 0.25) is 0 Å². The quantitative estimate of drug-likeness (QED) is 0.526. The number of hydrazone groups is 1. The second-order valence-electron chi connectivity index (χ2n) is 4.54. The zero-order valence-electron chi connectivity index (χ0n) is 11.8. The van der Waals surface area contributed by atoms with E-state index in [-0.39, 0.29) is 11.5 Å². The molecule has 0 aliphatic carbocycles. The lowest BCUT2D eigenvalue weighted by atomic mass is 10.1. The average Bonchev–Trinajstić information content (AvgIpc) is 2.52. The van der Waals surface area contributed by atoms with E-state index in [1.54, 1.807) is 6.92 Å². The highest BCUT2D eigenvalue weighted by Gasteiger charge is 2.30. The van der Waals surface area contributed by atoms with Gasteiger partial charge in [-0.2, -0.15) is 18.3 Å². The molecular weight excluding hydrogens is 313 g/mol. The van der Waals surface area contributed by atoms with E-state index in [1.165, 1.54) is 24.3 Å². The number of anilines is 1. The first-order valence-electron chi connectivity index (χ1n) is 6.36. The van der Waals surface area contributed by atoms with Crippen LogP contribution in [0.3, 0.4) is 0 Å². The highest BCUT2D eigenvalue weighted by molar-refractivity contribution is 5.99. The summed E-state index contributed by atoms with van der Waals surface area (Å²) in [6.07, 6.45) is -3.73. The van der Waals surface area contributed by atoms with Crippen molar-refractivity contribution in [3.63, 3.8) is 0 Å². The standard InChI is InChI=1S/C14H11F3N4O2/c1-9(10-2-5-12(6-3-10)21(22)23)19-20-13-7-4-11(8-18-13)14(15,16)17/h2-8H,1H3,(H,18,20). The Hall–Kier alpha value is -2.97. The number of non-ortho nitro benzene ring substituents is 1. The van der Waals surface area contributed by atoms with Gasteiger partial charge in [0.1, 0.15) is 5.82 Å². The summed E-state index contributed by atoms with van der Waals surface area (Å²) in [5.41, 5.74) is 2.78. The Kier molecular flexibility index (Phi) is 4.58. The van der Waals surface area contributed by atoms with Crippen molar-refractivity contribution in [1.29, 1.82) is 0 Å². The Bertz CT molecular complexity index is 725. The highest BCUT2D eigenvalue weighted by Crippen LogP contribution is 2.28. The van der Waals surface area contributed by atoms with Crippen LogP contribution in [0, 0.1) is 10.1 Å². The average molecular weight is 324 g/mol. The van der Waals surface area contributed by atoms with E-state index in [9.17, 15) is 23.3 Å². The number of rotatable bonds is 4. The summed E-state index contributed by atoms with van der Waals surface area (Å²) < 4.78 is 37.2. The fourth-order valence-corrected chi connectivity index (χ4v) is 1.66. The summed E-state index contributed by atoms with van der Waals surface area (Å²) in [7, 11) is 0. The van der Waals surface area contributed by atoms with Gasteiger partial charge in [-0.25, -0.2) is 4.98 Å². The summed E-state index contributed by atoms with van der Waals surface area (Å²) in [5, 5.41) is 14.5. The lowest BCUT2D eigenvalue weighted by Crippen LogP contribution is -2.06. The molecule has 2 rings (SSSR count). The Balaban J connectivity index is 2.08. The van der Waals surface area contributed by atoms with Crippen LogP contribution in [0.5, 0.6) is 0 Å². The molecule has 0 radical (unpaired) electrons. The van der Waals surface area contributed by atoms with Crippen molar-refractivity contribution in [1.82, 2.24) is 4.98 Å². The van der Waals surface area contributed by atoms with Gasteiger partial charge in [-0.1, -0.05) is 0 Å². The molecule has 0 saturated carbocycles. The van der Waals surface area contributed by atoms with Gasteiger partial charge < -0.3 is 0 Å². The van der Waals surface area contributed by atoms with Crippen molar-refractivity contribution in [3.05, 3.63) is 63.8 Å². The number of hydrogen-bond donors (Lipinski definition) is 1. The third-order valence-corrected chi connectivity index (χ3v) is 2.92. The molecule has 0 aliphatic rings. The molecule has 120 valence electrons. The molecule has 0 unspecified atom stereocenters. The summed E-state index contributed by atoms with van der Waals surface area (Å²) in [6, 6.07) is 7.79. The lowest BCUT2D eigenvalue weighted by Gasteiger charge is -2.07. The van der Waals surface area contributed by atoms with E-state index in [2.05, 4.69) is 15.5 Å². The topological polar surface area (TPSA) is 80.4 Å². The molecule has 23 heavy (non-hydrogen) atoms. The molecule has 9 heteroatoms. The second kappa shape index (κ2) is 6.42. The first kappa shape index (κ1) is 16.4. The molecule has 1 heterocycles. The number of aromatic nitrogens is 1. The zero-order chi connectivity index (χ0) is 17.0. The molecule has 0 aliphatic heterocycles. The van der Waals surface area contributed by atoms with Crippen LogP contribution in [0.1, 0.15) is 18.1 Å². The van der Waals surface area contributed by atoms with Gasteiger partial charge >= 0.3 is 6.18 Å². The predicted octanol–water partition coefficient (Wildman–Crippen LogP) is 3.84. The Morgan fingerprint density at radius 2 is 1.87 bits per heavy atom. The van der Waals surface area contributed by atoms with Gasteiger partial charge in [-0.15, -0.1) is 0 Å². The molecule has 0 atom stereocenters. The lowest BCUT2D eigenvalue weighted by molar-refractivity contribution is -0.384. The molecule has 1 aromatic carbocycles. The minimum absolute atomic E-state index is 0.0427. The summed E-state index contributed by atoms with van der Waals surface area (Å²) in [6.45, 7) is 1.65. The van der Waals surface area contributed by atoms with Crippen molar-refractivity contribution in [2.24, 2.45) is 5.10 Å². The first-order chi connectivity index (χ1) is 10.8. The van der Waals surface area contributed by atoms with Gasteiger partial charge in [0.15, 0.2) is 0 Å². The molecule has 0 spiro atoms. The molecule has 1 N–H and O–H groups in total. The van der Waals surface area contributed by atoms with E-state index >= 15 is 0 Å². The van der Waals surface area contributed by atoms with Crippen LogP contribution in [-0.4, -0.2) is 15.6 Å². The van der Waals surface area contributed by atoms with Gasteiger partial charge in [0.25, 0.3) is 5.69 Å². The van der Waals surface area contributed by atoms with Crippen molar-refractivity contribution < 1.29 is 18.1 Å². The van der Waals surface area contributed by atoms with Gasteiger partial charge in [-0.05, 0) is 36.8 Å². The Morgan fingerprint density at radius 1 is 1.22 bits per heavy atom. The molecular formula is C14H11F3N4O2. The normalized spacial score (nSPS) is 12.1. The van der Waals surface area contributed by atoms with E-state index < -0.39 is 16.7 Å². The number of halogens is 3. The van der Waals surface area contributed by atoms with Crippen LogP contribution in [0.4, 0.5) is 24.7 Å². The Labute approximate surface area is 128 Å². The van der Waals surface area contributed by atoms with Gasteiger partial charge in [0.05, 0.1) is 16.2 Å². The van der Waals surface area contributed by atoms with Gasteiger partial charge in [0, 0.05) is 18.3 Å². The second-order valence-corrected chi connectivity index (χ2v) is 4.54. The minimum Gasteiger partial charge on any atom is -0.261 e. The molecule has 2 aromatic rings. The maximum atomic E-state index is 12.4. The summed E-state index contributed by atoms with van der Waals surface area (Å²) in [5.74, 6) is 0.152. The maximum Gasteiger partial charge on any atom is 0.417 e. The van der Waals surface area contributed by atoms with E-state index in [4.69, 9.17) is 0 Å². The molecule has 0 fully saturated rings. The third-order valence-electron chi connectivity index (χ3n) is 2.92. The van der Waals surface area contributed by atoms with Gasteiger partial charge in [-0.3, -0.25) is 15.5 Å². The number of nitro benzene ring substituents is 1. The fourth-order valence-electron chi connectivity index (χ4n) is 1.66. The first-order valence-corrected chi connectivity index (χ1v) is 6.36. The zero-order valence-corrected chi connectivity index (χ0v) is 11.8. The van der Waals surface area contributed by atoms with Crippen molar-refractivity contribution in [2.45, 2.75) is 13.1 Å². The van der Waals surface area contributed by atoms with E-state index in [0.717, 1.165) is 12.1 Å². The fraction of sp³-hybridized carbons (Fsp3) is 0.143. The van der Waals surface area contributed by atoms with Crippen LogP contribution in [0.2, 0.25) is 0 Å². The summed E-state index contributed by atoms with van der Waals surface area (Å²) >= 11 is 0. The monoisotopic (exact) mass is 324 g/mol. The largest absolute Gasteiger partial charge is 0.417 e. The van der Waals surface area contributed by atoms with Crippen LogP contribution in [0.25, 0.3) is 0 Å². The van der Waals surface area contributed by atoms with E-state index in [0.29, 0.717) is 17.5 Å². The SMILES string of the molecule is CC(=NNc1ccc(C(F)(F)F)cn1)c1ccc([N+](=O)[O-])cc1. The molecule has 0 amide bonds. The Morgan fingerprint density at radius 3 is 2.35 bits per heavy atom. The highest BCUT2D eigenvalue weighted by atomic mass is 19.4. The number of nitrogens with zero attached hydrogens (tertiary/aromatic N) is 3. The summed E-state index contributed by atoms with van der Waals surface area (Å²) in [4.78, 5) is 13.7. The number of nitrogens with one attached hydrogen (secondary N) is 1. The molecule has 6 nitrogen and oxygen atoms in total. The van der Waals surface area contributed by atoms with Crippen LogP contribution in [0.15, 0.2) is 47.7 Å². The molecule has 0 saturated heterocycles. The van der Waals surface area contributed by atoms with Crippen molar-refractivity contribution in [2.75, 3.05) is 5.43 Å².